The van der Waals surface area contributed by atoms with Gasteiger partial charge in [-0.15, -0.1) is 0 Å². The molecular weight excluding hydrogens is 949 g/mol. The molecule has 0 bridgehead atoms. The zero-order chi connectivity index (χ0) is 23.1. The maximum atomic E-state index is 9.38. The molecule has 0 unspecified atom stereocenters. The molecule has 0 aliphatic heterocycles. The zero-order valence-corrected chi connectivity index (χ0v) is 24.7. The minimum Gasteiger partial charge on any atom is 3.00 e. The predicted octanol–water partition coefficient (Wildman–Crippen LogP) is -8.78. The van der Waals surface area contributed by atoms with Crippen LogP contribution in [-0.2, 0) is 136 Å². The number of hydrogen-bond acceptors (Lipinski definition) is 21. The number of hydrogen-bond donors (Lipinski definition) is 0. The van der Waals surface area contributed by atoms with Gasteiger partial charge in [0.25, 0.3) is 0 Å². The summed E-state index contributed by atoms with van der Waals surface area (Å²) in [5.41, 5.74) is 0. The van der Waals surface area contributed by atoms with Crippen LogP contribution in [0.5, 0.6) is 0 Å². The second kappa shape index (κ2) is 15.9. The summed E-state index contributed by atoms with van der Waals surface area (Å²) in [4.78, 5) is 0. The van der Waals surface area contributed by atoms with Crippen LogP contribution in [0.2, 0.25) is 0 Å². The van der Waals surface area contributed by atoms with Gasteiger partial charge in [-0.2, -0.15) is 0 Å². The van der Waals surface area contributed by atoms with E-state index in [1.54, 1.807) is 0 Å². The van der Waals surface area contributed by atoms with Gasteiger partial charge in [0, 0.05) is 0 Å². The minimum absolute atomic E-state index is 0. The Morgan fingerprint density at radius 3 is 0.379 bits per heavy atom. The topological polar surface area (TPSA) is 371 Å². The van der Waals surface area contributed by atoms with Crippen molar-refractivity contribution in [2.24, 2.45) is 0 Å². The Balaban J connectivity index is -0.0000000960. The molecule has 0 amide bonds. The molecule has 0 aromatic carbocycles. The van der Waals surface area contributed by atoms with Gasteiger partial charge in [0.1, 0.15) is 0 Å². The van der Waals surface area contributed by atoms with Crippen LogP contribution in [0.3, 0.4) is 0 Å². The smallest absolute Gasteiger partial charge is 3.00 e. The Morgan fingerprint density at radius 2 is 0.379 bits per heavy atom. The van der Waals surface area contributed by atoms with Gasteiger partial charge in [-0.3, -0.25) is 0 Å². The molecule has 21 nitrogen and oxygen atoms in total. The Bertz CT molecular complexity index is 854. The fourth-order valence-corrected chi connectivity index (χ4v) is 5.21. The Labute approximate surface area is 237 Å². The molecule has 0 saturated carbocycles. The summed E-state index contributed by atoms with van der Waals surface area (Å²) < 4.78 is 177. The Morgan fingerprint density at radius 1 is 0.310 bits per heavy atom. The fourth-order valence-electron chi connectivity index (χ4n) is 0.306. The molecule has 0 aliphatic carbocycles. The van der Waals surface area contributed by atoms with Crippen molar-refractivity contribution in [3.05, 3.63) is 0 Å². The summed E-state index contributed by atoms with van der Waals surface area (Å²) in [6.45, 7) is 0. The molecule has 2 radical (unpaired) electrons. The van der Waals surface area contributed by atoms with E-state index >= 15 is 0 Å². The van der Waals surface area contributed by atoms with Gasteiger partial charge in [0.2, 0.25) is 0 Å². The van der Waals surface area contributed by atoms with Gasteiger partial charge in [-0.1, -0.05) is 0 Å². The van der Waals surface area contributed by atoms with Crippen molar-refractivity contribution < 1.29 is 242 Å². The minimum atomic E-state index is -6.07. The zero-order valence-electron chi connectivity index (χ0n) is 11.8. The molecule has 0 rings (SSSR count). The van der Waals surface area contributed by atoms with E-state index in [1.165, 1.54) is 0 Å². The van der Waals surface area contributed by atoms with Crippen LogP contribution in [0.4, 0.5) is 0 Å². The van der Waals surface area contributed by atoms with Crippen LogP contribution in [0, 0.1) is 80.8 Å². The first-order chi connectivity index (χ1) is 11.1. The average molecular weight is 949 g/mol. The van der Waals surface area contributed by atoms with Crippen molar-refractivity contribution >= 4 is 0 Å². The third-order valence-corrected chi connectivity index (χ3v) is 8.50. The maximum Gasteiger partial charge on any atom is 3.00 e. The molecule has 0 fully saturated rings. The van der Waals surface area contributed by atoms with Gasteiger partial charge in [0.05, 0.1) is 0 Å². The monoisotopic (exact) mass is 951 g/mol. The van der Waals surface area contributed by atoms with Crippen LogP contribution in [0.25, 0.3) is 0 Å². The van der Waals surface area contributed by atoms with E-state index in [-0.39, 0.29) is 80.8 Å². The first-order valence-electron chi connectivity index (χ1n) is 4.00. The van der Waals surface area contributed by atoms with E-state index in [2.05, 4.69) is 8.52 Å². The van der Waals surface area contributed by atoms with Crippen LogP contribution >= 0.6 is 0 Å². The van der Waals surface area contributed by atoms with Crippen molar-refractivity contribution in [3.8, 4) is 0 Å². The van der Waals surface area contributed by atoms with Gasteiger partial charge in [-0.05, 0) is 0 Å². The largest absolute Gasteiger partial charge is 3.00 e. The molecule has 0 atom stereocenters. The molecule has 0 N–H and O–H groups in total. The van der Waals surface area contributed by atoms with Crippen LogP contribution in [0.15, 0.2) is 0 Å². The van der Waals surface area contributed by atoms with Crippen molar-refractivity contribution in [1.82, 2.24) is 0 Å². The molecule has 29 heavy (non-hydrogen) atoms. The van der Waals surface area contributed by atoms with Crippen molar-refractivity contribution in [2.45, 2.75) is 0 Å². The van der Waals surface area contributed by atoms with Crippen molar-refractivity contribution in [3.63, 3.8) is 0 Å². The summed E-state index contributed by atoms with van der Waals surface area (Å²) >= 11 is -36.4. The molecule has 0 aromatic rings. The summed E-state index contributed by atoms with van der Waals surface area (Å²) in [5, 5.41) is 0. The second-order valence-corrected chi connectivity index (χ2v) is 13.6. The summed E-state index contributed by atoms with van der Waals surface area (Å²) in [7, 11) is 0. The fraction of sp³-hybridized carbons (Fsp3) is 0. The quantitative estimate of drug-likeness (QED) is 0.239. The third-order valence-electron chi connectivity index (χ3n) is 0.500. The summed E-state index contributed by atoms with van der Waals surface area (Å²) in [5.74, 6) is 0. The standard InChI is InChI=1S/6Cr.21O.2Sm/q;;;;;;;;;;;;;;;;;;;;;6*-1;2*+3. The molecule has 0 heterocycles. The van der Waals surface area contributed by atoms with Crippen LogP contribution in [0.1, 0.15) is 0 Å². The van der Waals surface area contributed by atoms with E-state index in [4.69, 9.17) is 0 Å². The van der Waals surface area contributed by atoms with Gasteiger partial charge >= 0.3 is 242 Å². The SMILES string of the molecule is [O]=[Cr](=[O])([O-])[O][Cr](=[O])(=[O])[O-].[O]=[Cr](=[O])([O-])[O][Cr](=[O])(=[O])[O-].[O]=[Cr](=[O])([O-])[O][Cr](=[O])(=[O])[O-].[Sm+3].[Sm+3]. The first kappa shape index (κ1) is 42.3. The normalized spacial score (nSPS) is 12.6. The summed E-state index contributed by atoms with van der Waals surface area (Å²) in [6, 6.07) is 0. The Hall–Kier alpha value is 3.11. The molecule has 29 heteroatoms. The third kappa shape index (κ3) is 59.2. The predicted molar refractivity (Wildman–Crippen MR) is 11.5 cm³/mol. The average Bonchev–Trinajstić information content (AvgIpc) is 1.96. The first-order valence-corrected chi connectivity index (χ1v) is 16.5. The molecule has 0 saturated heterocycles. The molecule has 0 aromatic heterocycles. The van der Waals surface area contributed by atoms with Gasteiger partial charge < -0.3 is 0 Å². The van der Waals surface area contributed by atoms with Crippen molar-refractivity contribution in [1.29, 1.82) is 0 Å². The second-order valence-electron chi connectivity index (χ2n) is 2.65. The van der Waals surface area contributed by atoms with E-state index in [1.807, 2.05) is 0 Å². The van der Waals surface area contributed by atoms with Crippen LogP contribution < -0.4 is 24.9 Å². The van der Waals surface area contributed by atoms with Gasteiger partial charge in [0.15, 0.2) is 0 Å². The van der Waals surface area contributed by atoms with E-state index in [9.17, 15) is 70.6 Å². The molecular formula is Cr6O21Sm2. The molecule has 174 valence electrons. The van der Waals surface area contributed by atoms with E-state index in [0.29, 0.717) is 0 Å². The van der Waals surface area contributed by atoms with E-state index in [0.717, 1.165) is 0 Å². The maximum absolute atomic E-state index is 9.38. The van der Waals surface area contributed by atoms with Gasteiger partial charge in [-0.25, -0.2) is 0 Å². The Kier molecular flexibility index (Phi) is 23.2. The number of rotatable bonds is 6. The summed E-state index contributed by atoms with van der Waals surface area (Å²) in [6.07, 6.45) is 0. The van der Waals surface area contributed by atoms with E-state index < -0.39 is 81.7 Å². The van der Waals surface area contributed by atoms with Crippen LogP contribution in [-0.4, -0.2) is 0 Å². The van der Waals surface area contributed by atoms with Crippen molar-refractivity contribution in [2.75, 3.05) is 0 Å². The molecule has 0 spiro atoms. The molecule has 0 aliphatic rings.